The van der Waals surface area contributed by atoms with Gasteiger partial charge in [-0.1, -0.05) is 61.7 Å². The van der Waals surface area contributed by atoms with Crippen LogP contribution < -0.4 is 10.9 Å². The first-order valence-electron chi connectivity index (χ1n) is 11.0. The highest BCUT2D eigenvalue weighted by atomic mass is 32.2. The molecular weight excluding hydrogens is 412 g/mol. The second kappa shape index (κ2) is 9.68. The third-order valence-electron chi connectivity index (χ3n) is 5.70. The normalized spacial score (nSPS) is 15.4. The van der Waals surface area contributed by atoms with Crippen LogP contribution in [0.2, 0.25) is 0 Å². The molecule has 0 saturated heterocycles. The van der Waals surface area contributed by atoms with Crippen LogP contribution >= 0.6 is 11.8 Å². The van der Waals surface area contributed by atoms with Gasteiger partial charge in [0.2, 0.25) is 5.91 Å². The van der Waals surface area contributed by atoms with Gasteiger partial charge in [-0.25, -0.2) is 4.98 Å². The van der Waals surface area contributed by atoms with Crippen molar-refractivity contribution in [2.24, 2.45) is 0 Å². The smallest absolute Gasteiger partial charge is 0.262 e. The van der Waals surface area contributed by atoms with Crippen molar-refractivity contribution in [3.05, 3.63) is 46.4 Å². The summed E-state index contributed by atoms with van der Waals surface area (Å²) in [7, 11) is 0. The van der Waals surface area contributed by atoms with Crippen LogP contribution in [0.5, 0.6) is 0 Å². The van der Waals surface area contributed by atoms with Gasteiger partial charge in [-0.2, -0.15) is 0 Å². The summed E-state index contributed by atoms with van der Waals surface area (Å²) in [4.78, 5) is 31.3. The molecule has 1 N–H and O–H groups in total. The molecule has 1 unspecified atom stereocenters. The van der Waals surface area contributed by atoms with E-state index in [4.69, 9.17) is 9.51 Å². The van der Waals surface area contributed by atoms with E-state index >= 15 is 0 Å². The van der Waals surface area contributed by atoms with Gasteiger partial charge in [-0.3, -0.25) is 14.2 Å². The Morgan fingerprint density at radius 1 is 1.32 bits per heavy atom. The minimum Gasteiger partial charge on any atom is -0.360 e. The van der Waals surface area contributed by atoms with Crippen molar-refractivity contribution in [2.45, 2.75) is 75.2 Å². The number of hydrogen-bond donors (Lipinski definition) is 1. The standard InChI is InChI=1S/C23H28N4O3S/c1-3-4-13-19(21(28)25-20-14-15(2)30-26-20)31-23-24-18-12-8-7-11-17(18)22(29)27(23)16-9-5-6-10-16/h7-8,11-12,14,16,19H,3-6,9-10,13H2,1-2H3,(H,25,26,28). The van der Waals surface area contributed by atoms with Gasteiger partial charge in [-0.05, 0) is 38.3 Å². The molecule has 1 amide bonds. The number of aromatic nitrogens is 3. The second-order valence-electron chi connectivity index (χ2n) is 8.09. The van der Waals surface area contributed by atoms with E-state index in [0.717, 1.165) is 38.5 Å². The number of nitrogens with zero attached hydrogens (tertiary/aromatic N) is 3. The number of para-hydroxylation sites is 1. The summed E-state index contributed by atoms with van der Waals surface area (Å²) in [6.07, 6.45) is 6.74. The van der Waals surface area contributed by atoms with Crippen LogP contribution in [0.1, 0.15) is 63.7 Å². The average molecular weight is 441 g/mol. The minimum atomic E-state index is -0.377. The molecule has 1 aromatic carbocycles. The number of carbonyl (C=O) groups excluding carboxylic acids is 1. The number of amides is 1. The number of benzene rings is 1. The first-order chi connectivity index (χ1) is 15.1. The highest BCUT2D eigenvalue weighted by Crippen LogP contribution is 2.34. The summed E-state index contributed by atoms with van der Waals surface area (Å²) < 4.78 is 6.91. The van der Waals surface area contributed by atoms with Gasteiger partial charge in [0.05, 0.1) is 16.2 Å². The molecule has 164 valence electrons. The Hall–Kier alpha value is -2.61. The summed E-state index contributed by atoms with van der Waals surface area (Å²) >= 11 is 1.39. The second-order valence-corrected chi connectivity index (χ2v) is 9.26. The van der Waals surface area contributed by atoms with E-state index in [0.29, 0.717) is 34.1 Å². The number of thioether (sulfide) groups is 1. The fourth-order valence-electron chi connectivity index (χ4n) is 4.09. The molecule has 1 aliphatic rings. The van der Waals surface area contributed by atoms with Crippen molar-refractivity contribution < 1.29 is 9.32 Å². The predicted molar refractivity (Wildman–Crippen MR) is 123 cm³/mol. The van der Waals surface area contributed by atoms with Crippen LogP contribution in [-0.4, -0.2) is 25.9 Å². The van der Waals surface area contributed by atoms with Gasteiger partial charge in [0.15, 0.2) is 11.0 Å². The zero-order valence-electron chi connectivity index (χ0n) is 18.0. The van der Waals surface area contributed by atoms with Crippen LogP contribution in [-0.2, 0) is 4.79 Å². The third kappa shape index (κ3) is 4.84. The molecule has 3 aromatic rings. The molecule has 2 heterocycles. The first kappa shape index (κ1) is 21.6. The van der Waals surface area contributed by atoms with E-state index in [1.54, 1.807) is 13.0 Å². The van der Waals surface area contributed by atoms with Crippen LogP contribution in [0.4, 0.5) is 5.82 Å². The Bertz CT molecular complexity index is 1120. The maximum absolute atomic E-state index is 13.4. The number of carbonyl (C=O) groups is 1. The van der Waals surface area contributed by atoms with Crippen molar-refractivity contribution in [3.8, 4) is 0 Å². The van der Waals surface area contributed by atoms with E-state index < -0.39 is 0 Å². The predicted octanol–water partition coefficient (Wildman–Crippen LogP) is 5.10. The van der Waals surface area contributed by atoms with Crippen LogP contribution in [0.25, 0.3) is 10.9 Å². The summed E-state index contributed by atoms with van der Waals surface area (Å²) in [5.41, 5.74) is 0.660. The molecule has 1 saturated carbocycles. The SMILES string of the molecule is CCCCC(Sc1nc2ccccc2c(=O)n1C1CCCC1)C(=O)Nc1cc(C)on1. The number of hydrogen-bond acceptors (Lipinski definition) is 6. The first-order valence-corrected chi connectivity index (χ1v) is 11.9. The summed E-state index contributed by atoms with van der Waals surface area (Å²) in [5, 5.41) is 7.61. The molecular formula is C23H28N4O3S. The Morgan fingerprint density at radius 2 is 2.10 bits per heavy atom. The molecule has 2 aromatic heterocycles. The highest BCUT2D eigenvalue weighted by Gasteiger charge is 2.27. The quantitative estimate of drug-likeness (QED) is 0.387. The summed E-state index contributed by atoms with van der Waals surface area (Å²) in [6, 6.07) is 9.28. The fraction of sp³-hybridized carbons (Fsp3) is 0.478. The van der Waals surface area contributed by atoms with Crippen molar-refractivity contribution in [2.75, 3.05) is 5.32 Å². The van der Waals surface area contributed by atoms with Crippen molar-refractivity contribution in [3.63, 3.8) is 0 Å². The number of rotatable bonds is 8. The van der Waals surface area contributed by atoms with Crippen molar-refractivity contribution in [1.82, 2.24) is 14.7 Å². The molecule has 1 atom stereocenters. The molecule has 7 nitrogen and oxygen atoms in total. The Balaban J connectivity index is 1.69. The number of unbranched alkanes of at least 4 members (excludes halogenated alkanes) is 1. The van der Waals surface area contributed by atoms with E-state index in [1.807, 2.05) is 28.8 Å². The van der Waals surface area contributed by atoms with Gasteiger partial charge in [0.25, 0.3) is 5.56 Å². The number of anilines is 1. The van der Waals surface area contributed by atoms with E-state index in [2.05, 4.69) is 17.4 Å². The van der Waals surface area contributed by atoms with E-state index in [9.17, 15) is 9.59 Å². The van der Waals surface area contributed by atoms with Gasteiger partial charge in [-0.15, -0.1) is 0 Å². The Kier molecular flexibility index (Phi) is 6.75. The van der Waals surface area contributed by atoms with Crippen LogP contribution in [0.15, 0.2) is 44.8 Å². The zero-order valence-corrected chi connectivity index (χ0v) is 18.8. The average Bonchev–Trinajstić information content (AvgIpc) is 3.43. The van der Waals surface area contributed by atoms with Crippen molar-refractivity contribution in [1.29, 1.82) is 0 Å². The van der Waals surface area contributed by atoms with Gasteiger partial charge >= 0.3 is 0 Å². The van der Waals surface area contributed by atoms with E-state index in [1.165, 1.54) is 11.8 Å². The Morgan fingerprint density at radius 3 is 2.81 bits per heavy atom. The lowest BCUT2D eigenvalue weighted by atomic mass is 10.2. The molecule has 0 aliphatic heterocycles. The van der Waals surface area contributed by atoms with Crippen LogP contribution in [0, 0.1) is 6.92 Å². The molecule has 4 rings (SSSR count). The summed E-state index contributed by atoms with van der Waals surface area (Å²) in [5.74, 6) is 0.899. The maximum Gasteiger partial charge on any atom is 0.262 e. The van der Waals surface area contributed by atoms with Gasteiger partial charge < -0.3 is 9.84 Å². The topological polar surface area (TPSA) is 90.0 Å². The van der Waals surface area contributed by atoms with Crippen LogP contribution in [0.3, 0.4) is 0 Å². The summed E-state index contributed by atoms with van der Waals surface area (Å²) in [6.45, 7) is 3.88. The molecule has 0 radical (unpaired) electrons. The van der Waals surface area contributed by atoms with Gasteiger partial charge in [0.1, 0.15) is 5.76 Å². The number of nitrogens with one attached hydrogen (secondary N) is 1. The molecule has 0 bridgehead atoms. The lowest BCUT2D eigenvalue weighted by Gasteiger charge is -2.21. The maximum atomic E-state index is 13.4. The molecule has 0 spiro atoms. The molecule has 8 heteroatoms. The van der Waals surface area contributed by atoms with Gasteiger partial charge in [0, 0.05) is 12.1 Å². The largest absolute Gasteiger partial charge is 0.360 e. The molecule has 31 heavy (non-hydrogen) atoms. The number of fused-ring (bicyclic) bond motifs is 1. The number of aryl methyl sites for hydroxylation is 1. The zero-order chi connectivity index (χ0) is 21.8. The molecule has 1 aliphatic carbocycles. The van der Waals surface area contributed by atoms with E-state index in [-0.39, 0.29) is 22.8 Å². The lowest BCUT2D eigenvalue weighted by Crippen LogP contribution is -2.30. The van der Waals surface area contributed by atoms with Crippen molar-refractivity contribution >= 4 is 34.4 Å². The molecule has 1 fully saturated rings. The minimum absolute atomic E-state index is 0.0122. The Labute approximate surface area is 185 Å². The fourth-order valence-corrected chi connectivity index (χ4v) is 5.29. The monoisotopic (exact) mass is 440 g/mol. The lowest BCUT2D eigenvalue weighted by molar-refractivity contribution is -0.115. The third-order valence-corrected chi connectivity index (χ3v) is 6.94. The highest BCUT2D eigenvalue weighted by molar-refractivity contribution is 8.00.